The van der Waals surface area contributed by atoms with Crippen LogP contribution in [0.15, 0.2) is 57.5 Å². The van der Waals surface area contributed by atoms with Crippen molar-refractivity contribution >= 4 is 31.9 Å². The van der Waals surface area contributed by atoms with Crippen LogP contribution in [0.1, 0.15) is 20.3 Å². The molecule has 2 nitrogen and oxygen atoms in total. The second-order valence-electron chi connectivity index (χ2n) is 4.95. The minimum Gasteiger partial charge on any atom is -0.489 e. The summed E-state index contributed by atoms with van der Waals surface area (Å²) in [6, 6.07) is 15.7. The summed E-state index contributed by atoms with van der Waals surface area (Å²) in [7, 11) is 0. The molecule has 0 aliphatic carbocycles. The fourth-order valence-electron chi connectivity index (χ4n) is 2.08. The van der Waals surface area contributed by atoms with Crippen LogP contribution in [-0.4, -0.2) is 12.2 Å². The van der Waals surface area contributed by atoms with Gasteiger partial charge in [0.25, 0.3) is 0 Å². The van der Waals surface area contributed by atoms with Crippen molar-refractivity contribution in [2.45, 2.75) is 32.5 Å². The Balaban J connectivity index is 1.89. The summed E-state index contributed by atoms with van der Waals surface area (Å²) >= 11 is 6.98. The maximum atomic E-state index is 5.95. The van der Waals surface area contributed by atoms with Gasteiger partial charge in [-0.15, -0.1) is 0 Å². The van der Waals surface area contributed by atoms with Gasteiger partial charge in [0, 0.05) is 6.42 Å². The molecule has 2 aromatic carbocycles. The molecule has 112 valence electrons. The molecule has 21 heavy (non-hydrogen) atoms. The Labute approximate surface area is 142 Å². The lowest BCUT2D eigenvalue weighted by atomic mass is 10.2. The van der Waals surface area contributed by atoms with E-state index in [1.165, 1.54) is 0 Å². The summed E-state index contributed by atoms with van der Waals surface area (Å²) in [6.45, 7) is 4.11. The van der Waals surface area contributed by atoms with Crippen LogP contribution in [0.4, 0.5) is 0 Å². The SMILES string of the molecule is C[C@@H](C[C@H](C)Oc1ccccc1Br)Oc1ccccc1Br. The highest BCUT2D eigenvalue weighted by Gasteiger charge is 2.13. The molecule has 0 aromatic heterocycles. The number of halogens is 2. The molecule has 0 N–H and O–H groups in total. The predicted octanol–water partition coefficient (Wildman–Crippen LogP) is 5.84. The van der Waals surface area contributed by atoms with Gasteiger partial charge in [-0.05, 0) is 70.0 Å². The lowest BCUT2D eigenvalue weighted by molar-refractivity contribution is 0.130. The number of rotatable bonds is 6. The summed E-state index contributed by atoms with van der Waals surface area (Å²) in [6.07, 6.45) is 0.949. The summed E-state index contributed by atoms with van der Waals surface area (Å²) < 4.78 is 13.8. The summed E-state index contributed by atoms with van der Waals surface area (Å²) in [4.78, 5) is 0. The molecule has 0 spiro atoms. The summed E-state index contributed by atoms with van der Waals surface area (Å²) in [5.41, 5.74) is 0. The van der Waals surface area contributed by atoms with Crippen LogP contribution in [0.5, 0.6) is 11.5 Å². The van der Waals surface area contributed by atoms with Gasteiger partial charge in [-0.1, -0.05) is 24.3 Å². The van der Waals surface area contributed by atoms with Crippen LogP contribution in [0.3, 0.4) is 0 Å². The van der Waals surface area contributed by atoms with Crippen LogP contribution < -0.4 is 9.47 Å². The standard InChI is InChI=1S/C17H18Br2O2/c1-12(20-16-9-5-3-7-14(16)18)11-13(2)21-17-10-6-4-8-15(17)19/h3-10,12-13H,11H2,1-2H3/t12-,13-/m0/s1. The van der Waals surface area contributed by atoms with Gasteiger partial charge in [-0.3, -0.25) is 0 Å². The monoisotopic (exact) mass is 412 g/mol. The van der Waals surface area contributed by atoms with Crippen molar-refractivity contribution in [3.05, 3.63) is 57.5 Å². The van der Waals surface area contributed by atoms with Gasteiger partial charge < -0.3 is 9.47 Å². The number of benzene rings is 2. The van der Waals surface area contributed by atoms with E-state index in [0.717, 1.165) is 26.9 Å². The molecule has 2 atom stereocenters. The van der Waals surface area contributed by atoms with Crippen LogP contribution >= 0.6 is 31.9 Å². The Bertz CT molecular complexity index is 535. The van der Waals surface area contributed by atoms with E-state index >= 15 is 0 Å². The highest BCUT2D eigenvalue weighted by atomic mass is 79.9. The first-order chi connectivity index (χ1) is 10.1. The van der Waals surface area contributed by atoms with Crippen molar-refractivity contribution in [1.82, 2.24) is 0 Å². The zero-order valence-electron chi connectivity index (χ0n) is 12.1. The zero-order chi connectivity index (χ0) is 15.2. The predicted molar refractivity (Wildman–Crippen MR) is 93.1 cm³/mol. The van der Waals surface area contributed by atoms with E-state index in [1.54, 1.807) is 0 Å². The first-order valence-electron chi connectivity index (χ1n) is 6.88. The summed E-state index contributed by atoms with van der Waals surface area (Å²) in [5, 5.41) is 0. The lowest BCUT2D eigenvalue weighted by Gasteiger charge is -2.21. The third-order valence-electron chi connectivity index (χ3n) is 2.99. The molecular weight excluding hydrogens is 396 g/mol. The smallest absolute Gasteiger partial charge is 0.133 e. The van der Waals surface area contributed by atoms with E-state index in [2.05, 4.69) is 45.7 Å². The van der Waals surface area contributed by atoms with Crippen molar-refractivity contribution in [1.29, 1.82) is 0 Å². The fraction of sp³-hybridized carbons (Fsp3) is 0.294. The fourth-order valence-corrected chi connectivity index (χ4v) is 2.83. The topological polar surface area (TPSA) is 18.5 Å². The molecule has 0 saturated heterocycles. The molecule has 0 saturated carbocycles. The maximum Gasteiger partial charge on any atom is 0.133 e. The molecule has 0 bridgehead atoms. The number of hydrogen-bond donors (Lipinski definition) is 0. The molecule has 0 amide bonds. The van der Waals surface area contributed by atoms with Gasteiger partial charge in [0.1, 0.15) is 11.5 Å². The van der Waals surface area contributed by atoms with Crippen molar-refractivity contribution < 1.29 is 9.47 Å². The van der Waals surface area contributed by atoms with E-state index in [0.29, 0.717) is 0 Å². The van der Waals surface area contributed by atoms with Crippen LogP contribution in [0.2, 0.25) is 0 Å². The average molecular weight is 414 g/mol. The highest BCUT2D eigenvalue weighted by Crippen LogP contribution is 2.27. The Morgan fingerprint density at radius 3 is 1.52 bits per heavy atom. The number of ether oxygens (including phenoxy) is 2. The molecule has 0 aliphatic rings. The molecule has 0 unspecified atom stereocenters. The van der Waals surface area contributed by atoms with E-state index < -0.39 is 0 Å². The van der Waals surface area contributed by atoms with Crippen LogP contribution in [0.25, 0.3) is 0 Å². The van der Waals surface area contributed by atoms with Crippen LogP contribution in [-0.2, 0) is 0 Å². The Morgan fingerprint density at radius 2 is 1.14 bits per heavy atom. The second-order valence-corrected chi connectivity index (χ2v) is 6.66. The van der Waals surface area contributed by atoms with Crippen molar-refractivity contribution in [2.75, 3.05) is 0 Å². The first-order valence-corrected chi connectivity index (χ1v) is 8.47. The molecular formula is C17H18Br2O2. The van der Waals surface area contributed by atoms with E-state index in [-0.39, 0.29) is 12.2 Å². The molecule has 0 fully saturated rings. The van der Waals surface area contributed by atoms with Crippen molar-refractivity contribution in [3.63, 3.8) is 0 Å². The largest absolute Gasteiger partial charge is 0.489 e. The van der Waals surface area contributed by atoms with Gasteiger partial charge in [-0.2, -0.15) is 0 Å². The Kier molecular flexibility index (Phi) is 6.12. The Hall–Kier alpha value is -1.00. The van der Waals surface area contributed by atoms with Gasteiger partial charge in [0.05, 0.1) is 21.2 Å². The van der Waals surface area contributed by atoms with Crippen molar-refractivity contribution in [3.8, 4) is 11.5 Å². The third kappa shape index (κ3) is 5.04. The third-order valence-corrected chi connectivity index (χ3v) is 4.30. The molecule has 4 heteroatoms. The number of hydrogen-bond acceptors (Lipinski definition) is 2. The van der Waals surface area contributed by atoms with Gasteiger partial charge in [-0.25, -0.2) is 0 Å². The van der Waals surface area contributed by atoms with Crippen LogP contribution in [0, 0.1) is 0 Å². The quantitative estimate of drug-likeness (QED) is 0.592. The molecule has 0 heterocycles. The van der Waals surface area contributed by atoms with E-state index in [4.69, 9.17) is 9.47 Å². The van der Waals surface area contributed by atoms with Gasteiger partial charge >= 0.3 is 0 Å². The Morgan fingerprint density at radius 1 is 0.762 bits per heavy atom. The first kappa shape index (κ1) is 16.4. The minimum absolute atomic E-state index is 0.0705. The lowest BCUT2D eigenvalue weighted by Crippen LogP contribution is -2.23. The normalized spacial score (nSPS) is 13.5. The van der Waals surface area contributed by atoms with E-state index in [9.17, 15) is 0 Å². The maximum absolute atomic E-state index is 5.95. The second kappa shape index (κ2) is 7.85. The van der Waals surface area contributed by atoms with Crippen molar-refractivity contribution in [2.24, 2.45) is 0 Å². The highest BCUT2D eigenvalue weighted by molar-refractivity contribution is 9.10. The average Bonchev–Trinajstić information content (AvgIpc) is 2.44. The van der Waals surface area contributed by atoms with E-state index in [1.807, 2.05) is 48.5 Å². The molecule has 2 aromatic rings. The molecule has 0 radical (unpaired) electrons. The van der Waals surface area contributed by atoms with Gasteiger partial charge in [0.15, 0.2) is 0 Å². The molecule has 2 rings (SSSR count). The zero-order valence-corrected chi connectivity index (χ0v) is 15.2. The summed E-state index contributed by atoms with van der Waals surface area (Å²) in [5.74, 6) is 1.72. The molecule has 0 aliphatic heterocycles. The number of para-hydroxylation sites is 2. The van der Waals surface area contributed by atoms with Gasteiger partial charge in [0.2, 0.25) is 0 Å². The minimum atomic E-state index is 0.0705.